The Morgan fingerprint density at radius 3 is 2.47 bits per heavy atom. The number of aromatic nitrogens is 2. The molecule has 100 valence electrons. The van der Waals surface area contributed by atoms with Crippen LogP contribution in [-0.2, 0) is 6.42 Å². The maximum Gasteiger partial charge on any atom is 0.224 e. The first-order valence-electron chi connectivity index (χ1n) is 6.05. The minimum Gasteiger partial charge on any atom is -0.354 e. The molecule has 0 aliphatic carbocycles. The first kappa shape index (κ1) is 13.7. The Bertz CT molecular complexity index is 546. The average molecular weight is 280 g/mol. The van der Waals surface area contributed by atoms with Gasteiger partial charge in [-0.2, -0.15) is 0 Å². The normalized spacial score (nSPS) is 10.5. The van der Waals surface area contributed by atoms with Gasteiger partial charge in [0.2, 0.25) is 5.95 Å². The predicted octanol–water partition coefficient (Wildman–Crippen LogP) is 3.54. The first-order valence-corrected chi connectivity index (χ1v) is 6.43. The Hall–Kier alpha value is -1.68. The van der Waals surface area contributed by atoms with E-state index in [0.29, 0.717) is 17.6 Å². The fraction of sp³-hybridized carbons (Fsp3) is 0.286. The van der Waals surface area contributed by atoms with Gasteiger partial charge in [-0.15, -0.1) is 0 Å². The number of benzene rings is 1. The topological polar surface area (TPSA) is 37.8 Å². The van der Waals surface area contributed by atoms with Crippen molar-refractivity contribution in [3.8, 4) is 0 Å². The maximum absolute atomic E-state index is 12.8. The summed E-state index contributed by atoms with van der Waals surface area (Å²) in [6.45, 7) is 4.46. The van der Waals surface area contributed by atoms with Gasteiger partial charge in [-0.1, -0.05) is 23.7 Å². The third-order valence-corrected chi connectivity index (χ3v) is 3.31. The second kappa shape index (κ2) is 5.97. The molecular formula is C14H15ClFN3. The minimum absolute atomic E-state index is 0.221. The molecule has 2 aromatic rings. The average Bonchev–Trinajstić information content (AvgIpc) is 2.38. The van der Waals surface area contributed by atoms with Crippen LogP contribution in [0.3, 0.4) is 0 Å². The summed E-state index contributed by atoms with van der Waals surface area (Å²) in [4.78, 5) is 8.47. The molecule has 3 nitrogen and oxygen atoms in total. The number of aryl methyl sites for hydroxylation is 1. The minimum atomic E-state index is -0.221. The van der Waals surface area contributed by atoms with Gasteiger partial charge in [0.15, 0.2) is 0 Å². The van der Waals surface area contributed by atoms with E-state index in [1.807, 2.05) is 13.8 Å². The van der Waals surface area contributed by atoms with E-state index >= 15 is 0 Å². The van der Waals surface area contributed by atoms with E-state index in [-0.39, 0.29) is 5.82 Å². The van der Waals surface area contributed by atoms with Crippen LogP contribution in [0.25, 0.3) is 0 Å². The lowest BCUT2D eigenvalue weighted by Crippen LogP contribution is -2.09. The lowest BCUT2D eigenvalue weighted by molar-refractivity contribution is 0.627. The van der Waals surface area contributed by atoms with Gasteiger partial charge in [-0.05, 0) is 38.0 Å². The fourth-order valence-electron chi connectivity index (χ4n) is 1.64. The van der Waals surface area contributed by atoms with E-state index in [1.165, 1.54) is 12.1 Å². The molecule has 0 fully saturated rings. The van der Waals surface area contributed by atoms with E-state index in [0.717, 1.165) is 23.2 Å². The molecule has 0 aliphatic heterocycles. The molecule has 0 radical (unpaired) electrons. The smallest absolute Gasteiger partial charge is 0.224 e. The Balaban J connectivity index is 1.94. The van der Waals surface area contributed by atoms with Crippen molar-refractivity contribution in [3.63, 3.8) is 0 Å². The molecule has 0 spiro atoms. The van der Waals surface area contributed by atoms with Crippen LogP contribution < -0.4 is 5.32 Å². The van der Waals surface area contributed by atoms with Crippen LogP contribution in [0.2, 0.25) is 5.15 Å². The van der Waals surface area contributed by atoms with Crippen molar-refractivity contribution in [1.29, 1.82) is 0 Å². The van der Waals surface area contributed by atoms with Crippen molar-refractivity contribution >= 4 is 17.5 Å². The standard InChI is InChI=1S/C14H15ClFN3/c1-9-10(2)18-14(19-13(9)15)17-8-7-11-3-5-12(16)6-4-11/h3-6H,7-8H2,1-2H3,(H,17,18,19). The van der Waals surface area contributed by atoms with E-state index < -0.39 is 0 Å². The Kier molecular flexibility index (Phi) is 4.32. The summed E-state index contributed by atoms with van der Waals surface area (Å²) in [5.74, 6) is 0.302. The molecule has 0 atom stereocenters. The molecule has 0 saturated carbocycles. The zero-order valence-electron chi connectivity index (χ0n) is 10.9. The van der Waals surface area contributed by atoms with Crippen molar-refractivity contribution < 1.29 is 4.39 Å². The second-order valence-corrected chi connectivity index (χ2v) is 4.71. The molecule has 1 N–H and O–H groups in total. The highest BCUT2D eigenvalue weighted by Crippen LogP contribution is 2.16. The summed E-state index contributed by atoms with van der Waals surface area (Å²) in [6.07, 6.45) is 0.772. The van der Waals surface area contributed by atoms with Gasteiger partial charge in [0.05, 0.1) is 0 Å². The summed E-state index contributed by atoms with van der Waals surface area (Å²) in [7, 11) is 0. The summed E-state index contributed by atoms with van der Waals surface area (Å²) >= 11 is 6.00. The monoisotopic (exact) mass is 279 g/mol. The molecule has 0 aliphatic rings. The van der Waals surface area contributed by atoms with Crippen LogP contribution in [0.4, 0.5) is 10.3 Å². The Labute approximate surface area is 116 Å². The van der Waals surface area contributed by atoms with Crippen molar-refractivity contribution in [1.82, 2.24) is 9.97 Å². The van der Waals surface area contributed by atoms with Crippen molar-refractivity contribution in [2.24, 2.45) is 0 Å². The molecule has 1 heterocycles. The second-order valence-electron chi connectivity index (χ2n) is 4.35. The zero-order chi connectivity index (χ0) is 13.8. The number of rotatable bonds is 4. The molecule has 19 heavy (non-hydrogen) atoms. The van der Waals surface area contributed by atoms with E-state index in [1.54, 1.807) is 12.1 Å². The van der Waals surface area contributed by atoms with Crippen LogP contribution in [0.1, 0.15) is 16.8 Å². The molecular weight excluding hydrogens is 265 g/mol. The van der Waals surface area contributed by atoms with Crippen molar-refractivity contribution in [2.75, 3.05) is 11.9 Å². The number of nitrogens with zero attached hydrogens (tertiary/aromatic N) is 2. The van der Waals surface area contributed by atoms with Crippen LogP contribution in [0.15, 0.2) is 24.3 Å². The molecule has 0 amide bonds. The number of hydrogen-bond acceptors (Lipinski definition) is 3. The third-order valence-electron chi connectivity index (χ3n) is 2.94. The van der Waals surface area contributed by atoms with Crippen molar-refractivity contribution in [3.05, 3.63) is 52.1 Å². The SMILES string of the molecule is Cc1nc(NCCc2ccc(F)cc2)nc(Cl)c1C. The van der Waals surface area contributed by atoms with E-state index in [9.17, 15) is 4.39 Å². The third kappa shape index (κ3) is 3.64. The molecule has 0 saturated heterocycles. The molecule has 0 bridgehead atoms. The van der Waals surface area contributed by atoms with Crippen LogP contribution in [-0.4, -0.2) is 16.5 Å². The van der Waals surface area contributed by atoms with Gasteiger partial charge in [-0.3, -0.25) is 0 Å². The maximum atomic E-state index is 12.8. The number of nitrogens with one attached hydrogen (secondary N) is 1. The van der Waals surface area contributed by atoms with E-state index in [4.69, 9.17) is 11.6 Å². The quantitative estimate of drug-likeness (QED) is 0.870. The molecule has 5 heteroatoms. The fourth-order valence-corrected chi connectivity index (χ4v) is 1.86. The number of halogens is 2. The van der Waals surface area contributed by atoms with Gasteiger partial charge in [-0.25, -0.2) is 14.4 Å². The predicted molar refractivity (Wildman–Crippen MR) is 75.1 cm³/mol. The highest BCUT2D eigenvalue weighted by Gasteiger charge is 2.05. The highest BCUT2D eigenvalue weighted by molar-refractivity contribution is 6.30. The summed E-state index contributed by atoms with van der Waals surface area (Å²) < 4.78 is 12.8. The molecule has 0 unspecified atom stereocenters. The zero-order valence-corrected chi connectivity index (χ0v) is 11.6. The van der Waals surface area contributed by atoms with Gasteiger partial charge in [0, 0.05) is 17.8 Å². The summed E-state index contributed by atoms with van der Waals surface area (Å²) in [5.41, 5.74) is 2.82. The summed E-state index contributed by atoms with van der Waals surface area (Å²) in [5, 5.41) is 3.59. The highest BCUT2D eigenvalue weighted by atomic mass is 35.5. The van der Waals surface area contributed by atoms with E-state index in [2.05, 4.69) is 15.3 Å². The molecule has 1 aromatic carbocycles. The van der Waals surface area contributed by atoms with Gasteiger partial charge in [0.25, 0.3) is 0 Å². The Morgan fingerprint density at radius 1 is 1.16 bits per heavy atom. The van der Waals surface area contributed by atoms with Crippen LogP contribution in [0.5, 0.6) is 0 Å². The molecule has 1 aromatic heterocycles. The van der Waals surface area contributed by atoms with Gasteiger partial charge < -0.3 is 5.32 Å². The van der Waals surface area contributed by atoms with Crippen LogP contribution in [0, 0.1) is 19.7 Å². The van der Waals surface area contributed by atoms with Gasteiger partial charge in [0.1, 0.15) is 11.0 Å². The first-order chi connectivity index (χ1) is 9.06. The van der Waals surface area contributed by atoms with Crippen molar-refractivity contribution in [2.45, 2.75) is 20.3 Å². The number of hydrogen-bond donors (Lipinski definition) is 1. The molecule has 2 rings (SSSR count). The van der Waals surface area contributed by atoms with Gasteiger partial charge >= 0.3 is 0 Å². The largest absolute Gasteiger partial charge is 0.354 e. The number of anilines is 1. The van der Waals surface area contributed by atoms with Crippen LogP contribution >= 0.6 is 11.6 Å². The Morgan fingerprint density at radius 2 is 1.84 bits per heavy atom. The lowest BCUT2D eigenvalue weighted by Gasteiger charge is -2.08. The lowest BCUT2D eigenvalue weighted by atomic mass is 10.1. The summed E-state index contributed by atoms with van der Waals surface area (Å²) in [6, 6.07) is 6.45.